The normalized spacial score (nSPS) is 10.8. The number of rotatable bonds is 7. The number of hydrogen-bond acceptors (Lipinski definition) is 6. The highest BCUT2D eigenvalue weighted by Crippen LogP contribution is 2.23. The average Bonchev–Trinajstić information content (AvgIpc) is 3.46. The number of nitrogens with one attached hydrogen (secondary N) is 2. The third-order valence-corrected chi connectivity index (χ3v) is 5.19. The fourth-order valence-corrected chi connectivity index (χ4v) is 3.63. The van der Waals surface area contributed by atoms with E-state index in [-0.39, 0.29) is 5.91 Å². The van der Waals surface area contributed by atoms with Crippen LogP contribution in [0.2, 0.25) is 0 Å². The van der Waals surface area contributed by atoms with Crippen molar-refractivity contribution in [2.75, 3.05) is 18.4 Å². The highest BCUT2D eigenvalue weighted by atomic mass is 32.1. The molecule has 4 heterocycles. The summed E-state index contributed by atoms with van der Waals surface area (Å²) in [5.74, 6) is 2.04. The summed E-state index contributed by atoms with van der Waals surface area (Å²) < 4.78 is 3.53. The molecule has 0 saturated carbocycles. The Morgan fingerprint density at radius 1 is 1.14 bits per heavy atom. The number of carbonyl (C=O) groups is 1. The average molecular weight is 408 g/mol. The zero-order valence-corrected chi connectivity index (χ0v) is 17.0. The van der Waals surface area contributed by atoms with Crippen molar-refractivity contribution in [1.82, 2.24) is 29.6 Å². The van der Waals surface area contributed by atoms with Crippen molar-refractivity contribution >= 4 is 23.1 Å². The molecular formula is C20H21N7OS. The Hall–Kier alpha value is -3.46. The standard InChI is InChI=1S/C20H21N7OS/c1-14-23-18(13-19(24-14)27-9-3-4-10-27)21-7-8-22-20(28)16-12-15(25-26(16)2)17-6-5-11-29-17/h3-6,9-13H,7-8H2,1-2H3,(H,22,28)(H,21,23,24). The van der Waals surface area contributed by atoms with Crippen LogP contribution in [0.15, 0.2) is 54.2 Å². The fourth-order valence-electron chi connectivity index (χ4n) is 2.94. The Bertz CT molecular complexity index is 1100. The van der Waals surface area contributed by atoms with Crippen LogP contribution >= 0.6 is 11.3 Å². The SMILES string of the molecule is Cc1nc(NCCNC(=O)c2cc(-c3cccs3)nn2C)cc(-n2cccc2)n1. The van der Waals surface area contributed by atoms with Gasteiger partial charge in [0.25, 0.3) is 5.91 Å². The van der Waals surface area contributed by atoms with E-state index in [1.807, 2.05) is 65.7 Å². The molecule has 0 atom stereocenters. The number of hydrogen-bond donors (Lipinski definition) is 2. The van der Waals surface area contributed by atoms with Crippen LogP contribution in [0.5, 0.6) is 0 Å². The predicted octanol–water partition coefficient (Wildman–Crippen LogP) is 2.88. The van der Waals surface area contributed by atoms with Crippen molar-refractivity contribution in [3.8, 4) is 16.4 Å². The van der Waals surface area contributed by atoms with Crippen molar-refractivity contribution in [2.45, 2.75) is 6.92 Å². The Morgan fingerprint density at radius 3 is 2.72 bits per heavy atom. The Morgan fingerprint density at radius 2 is 1.97 bits per heavy atom. The topological polar surface area (TPSA) is 89.7 Å². The molecule has 0 unspecified atom stereocenters. The molecule has 9 heteroatoms. The molecule has 0 aliphatic heterocycles. The molecule has 0 radical (unpaired) electrons. The Labute approximate surface area is 172 Å². The van der Waals surface area contributed by atoms with Gasteiger partial charge in [-0.15, -0.1) is 11.3 Å². The number of anilines is 1. The molecule has 0 bridgehead atoms. The minimum absolute atomic E-state index is 0.156. The third kappa shape index (κ3) is 4.35. The number of amides is 1. The van der Waals surface area contributed by atoms with Crippen LogP contribution in [0.3, 0.4) is 0 Å². The molecule has 0 aromatic carbocycles. The summed E-state index contributed by atoms with van der Waals surface area (Å²) in [5.41, 5.74) is 1.33. The maximum Gasteiger partial charge on any atom is 0.269 e. The first kappa shape index (κ1) is 18.9. The molecule has 1 amide bonds. The van der Waals surface area contributed by atoms with Crippen LogP contribution < -0.4 is 10.6 Å². The largest absolute Gasteiger partial charge is 0.368 e. The number of aryl methyl sites for hydroxylation is 2. The van der Waals surface area contributed by atoms with E-state index in [1.165, 1.54) is 0 Å². The fraction of sp³-hybridized carbons (Fsp3) is 0.200. The molecule has 29 heavy (non-hydrogen) atoms. The van der Waals surface area contributed by atoms with Crippen LogP contribution in [0.25, 0.3) is 16.4 Å². The first-order valence-electron chi connectivity index (χ1n) is 9.19. The molecule has 0 saturated heterocycles. The minimum atomic E-state index is -0.156. The van der Waals surface area contributed by atoms with Crippen molar-refractivity contribution in [1.29, 1.82) is 0 Å². The molecule has 4 rings (SSSR count). The van der Waals surface area contributed by atoms with Gasteiger partial charge in [-0.25, -0.2) is 9.97 Å². The molecule has 0 aliphatic carbocycles. The van der Waals surface area contributed by atoms with Crippen molar-refractivity contribution in [3.05, 3.63) is 65.7 Å². The van der Waals surface area contributed by atoms with Crippen LogP contribution in [0.4, 0.5) is 5.82 Å². The second kappa shape index (κ2) is 8.27. The first-order chi connectivity index (χ1) is 14.1. The lowest BCUT2D eigenvalue weighted by Crippen LogP contribution is -2.30. The Balaban J connectivity index is 1.34. The van der Waals surface area contributed by atoms with E-state index in [1.54, 1.807) is 23.1 Å². The van der Waals surface area contributed by atoms with Gasteiger partial charge in [-0.1, -0.05) is 6.07 Å². The number of nitrogens with zero attached hydrogens (tertiary/aromatic N) is 5. The van der Waals surface area contributed by atoms with Gasteiger partial charge in [0.2, 0.25) is 0 Å². The molecule has 2 N–H and O–H groups in total. The highest BCUT2D eigenvalue weighted by molar-refractivity contribution is 7.13. The van der Waals surface area contributed by atoms with Gasteiger partial charge < -0.3 is 15.2 Å². The minimum Gasteiger partial charge on any atom is -0.368 e. The van der Waals surface area contributed by atoms with Crippen LogP contribution in [0.1, 0.15) is 16.3 Å². The molecule has 4 aromatic heterocycles. The molecule has 148 valence electrons. The zero-order chi connectivity index (χ0) is 20.2. The number of thiophene rings is 1. The molecule has 0 aliphatic rings. The smallest absolute Gasteiger partial charge is 0.269 e. The van der Waals surface area contributed by atoms with Gasteiger partial charge in [0.05, 0.1) is 4.88 Å². The van der Waals surface area contributed by atoms with Gasteiger partial charge in [-0.05, 0) is 36.6 Å². The highest BCUT2D eigenvalue weighted by Gasteiger charge is 2.14. The van der Waals surface area contributed by atoms with Crippen LogP contribution in [0, 0.1) is 6.92 Å². The van der Waals surface area contributed by atoms with Crippen molar-refractivity contribution in [2.24, 2.45) is 7.05 Å². The summed E-state index contributed by atoms with van der Waals surface area (Å²) >= 11 is 1.60. The predicted molar refractivity (Wildman–Crippen MR) is 113 cm³/mol. The van der Waals surface area contributed by atoms with Gasteiger partial charge in [-0.3, -0.25) is 9.48 Å². The summed E-state index contributed by atoms with van der Waals surface area (Å²) in [5, 5.41) is 12.6. The summed E-state index contributed by atoms with van der Waals surface area (Å²) in [6.45, 7) is 2.86. The number of aromatic nitrogens is 5. The van der Waals surface area contributed by atoms with E-state index in [2.05, 4.69) is 25.7 Å². The summed E-state index contributed by atoms with van der Waals surface area (Å²) in [7, 11) is 1.77. The molecular weight excluding hydrogens is 386 g/mol. The van der Waals surface area contributed by atoms with Gasteiger partial charge >= 0.3 is 0 Å². The van der Waals surface area contributed by atoms with Crippen LogP contribution in [-0.2, 0) is 7.05 Å². The van der Waals surface area contributed by atoms with Crippen molar-refractivity contribution < 1.29 is 4.79 Å². The van der Waals surface area contributed by atoms with E-state index >= 15 is 0 Å². The van der Waals surface area contributed by atoms with Gasteiger partial charge in [0.1, 0.15) is 28.8 Å². The van der Waals surface area contributed by atoms with Gasteiger partial charge in [-0.2, -0.15) is 5.10 Å². The third-order valence-electron chi connectivity index (χ3n) is 4.30. The molecule has 8 nitrogen and oxygen atoms in total. The monoisotopic (exact) mass is 407 g/mol. The van der Waals surface area contributed by atoms with Crippen molar-refractivity contribution in [3.63, 3.8) is 0 Å². The number of carbonyl (C=O) groups excluding carboxylic acids is 1. The zero-order valence-electron chi connectivity index (χ0n) is 16.2. The maximum atomic E-state index is 12.5. The maximum absolute atomic E-state index is 12.5. The van der Waals surface area contributed by atoms with E-state index in [0.717, 1.165) is 22.2 Å². The Kier molecular flexibility index (Phi) is 5.39. The van der Waals surface area contributed by atoms with E-state index in [4.69, 9.17) is 0 Å². The van der Waals surface area contributed by atoms with E-state index in [0.29, 0.717) is 24.6 Å². The summed E-state index contributed by atoms with van der Waals surface area (Å²) in [6, 6.07) is 11.5. The second-order valence-corrected chi connectivity index (χ2v) is 7.40. The lowest BCUT2D eigenvalue weighted by atomic mass is 10.3. The van der Waals surface area contributed by atoms with E-state index < -0.39 is 0 Å². The molecule has 4 aromatic rings. The quantitative estimate of drug-likeness (QED) is 0.460. The van der Waals surface area contributed by atoms with Gasteiger partial charge in [0, 0.05) is 38.6 Å². The summed E-state index contributed by atoms with van der Waals surface area (Å²) in [4.78, 5) is 22.4. The van der Waals surface area contributed by atoms with E-state index in [9.17, 15) is 4.79 Å². The molecule has 0 spiro atoms. The summed E-state index contributed by atoms with van der Waals surface area (Å²) in [6.07, 6.45) is 3.87. The second-order valence-electron chi connectivity index (χ2n) is 6.45. The molecule has 0 fully saturated rings. The van der Waals surface area contributed by atoms with Gasteiger partial charge in [0.15, 0.2) is 0 Å². The lowest BCUT2D eigenvalue weighted by Gasteiger charge is -2.10. The van der Waals surface area contributed by atoms with Crippen LogP contribution in [-0.4, -0.2) is 43.3 Å². The lowest BCUT2D eigenvalue weighted by molar-refractivity contribution is 0.0946. The first-order valence-corrected chi connectivity index (χ1v) is 10.1.